The fourth-order valence-electron chi connectivity index (χ4n) is 3.16. The molecule has 6 nitrogen and oxygen atoms in total. The number of benzene rings is 3. The third-order valence-corrected chi connectivity index (χ3v) is 7.37. The summed E-state index contributed by atoms with van der Waals surface area (Å²) in [6, 6.07) is 12.3. The lowest BCUT2D eigenvalue weighted by atomic mass is 10.2. The highest BCUT2D eigenvalue weighted by atomic mass is 35.5. The van der Waals surface area contributed by atoms with Crippen LogP contribution in [-0.4, -0.2) is 28.0 Å². The molecule has 0 aliphatic rings. The van der Waals surface area contributed by atoms with Crippen molar-refractivity contribution in [3.8, 4) is 5.75 Å². The molecule has 0 saturated heterocycles. The van der Waals surface area contributed by atoms with E-state index >= 15 is 0 Å². The lowest BCUT2D eigenvalue weighted by molar-refractivity contribution is -0.137. The molecule has 186 valence electrons. The normalized spacial score (nSPS) is 11.7. The van der Waals surface area contributed by atoms with Gasteiger partial charge in [0.15, 0.2) is 0 Å². The Hall–Kier alpha value is -2.95. The SMILES string of the molecule is COc1ccc(C)cc1S(=O)(=O)N(CC(=O)Nc1ccc(Cl)c(Cl)c1)c1cccc(C(F)(F)F)c1. The zero-order valence-corrected chi connectivity index (χ0v) is 20.7. The number of alkyl halides is 3. The Morgan fingerprint density at radius 3 is 2.37 bits per heavy atom. The quantitative estimate of drug-likeness (QED) is 0.385. The van der Waals surface area contributed by atoms with E-state index in [1.807, 2.05) is 0 Å². The van der Waals surface area contributed by atoms with Gasteiger partial charge in [0.1, 0.15) is 17.2 Å². The number of rotatable bonds is 7. The molecule has 0 heterocycles. The molecule has 0 bridgehead atoms. The first kappa shape index (κ1) is 26.7. The Kier molecular flexibility index (Phi) is 7.88. The number of sulfonamides is 1. The molecule has 0 spiro atoms. The first-order valence-electron chi connectivity index (χ1n) is 9.92. The van der Waals surface area contributed by atoms with Crippen molar-refractivity contribution in [1.82, 2.24) is 0 Å². The number of hydrogen-bond acceptors (Lipinski definition) is 4. The number of nitrogens with zero attached hydrogens (tertiary/aromatic N) is 1. The van der Waals surface area contributed by atoms with E-state index in [-0.39, 0.29) is 32.1 Å². The number of halogens is 5. The second kappa shape index (κ2) is 10.3. The van der Waals surface area contributed by atoms with E-state index in [9.17, 15) is 26.4 Å². The summed E-state index contributed by atoms with van der Waals surface area (Å²) in [6.07, 6.45) is -4.73. The molecule has 3 aromatic carbocycles. The van der Waals surface area contributed by atoms with Gasteiger partial charge in [0.05, 0.1) is 28.4 Å². The molecule has 12 heteroatoms. The van der Waals surface area contributed by atoms with Crippen LogP contribution >= 0.6 is 23.2 Å². The Morgan fingerprint density at radius 2 is 1.74 bits per heavy atom. The lowest BCUT2D eigenvalue weighted by Gasteiger charge is -2.26. The van der Waals surface area contributed by atoms with E-state index in [2.05, 4.69) is 5.32 Å². The van der Waals surface area contributed by atoms with Crippen molar-refractivity contribution >= 4 is 50.5 Å². The van der Waals surface area contributed by atoms with Crippen LogP contribution in [0.1, 0.15) is 11.1 Å². The van der Waals surface area contributed by atoms with Gasteiger partial charge in [-0.1, -0.05) is 35.3 Å². The second-order valence-corrected chi connectivity index (χ2v) is 10.0. The smallest absolute Gasteiger partial charge is 0.416 e. The summed E-state index contributed by atoms with van der Waals surface area (Å²) in [5.41, 5.74) is -0.642. The average Bonchev–Trinajstić information content (AvgIpc) is 2.79. The predicted octanol–water partition coefficient (Wildman–Crippen LogP) is 6.16. The summed E-state index contributed by atoms with van der Waals surface area (Å²) in [5, 5.41) is 2.87. The summed E-state index contributed by atoms with van der Waals surface area (Å²) >= 11 is 11.8. The Labute approximate surface area is 210 Å². The van der Waals surface area contributed by atoms with Crippen LogP contribution in [0, 0.1) is 6.92 Å². The Morgan fingerprint density at radius 1 is 1.03 bits per heavy atom. The number of amides is 1. The molecule has 1 N–H and O–H groups in total. The van der Waals surface area contributed by atoms with E-state index < -0.39 is 34.2 Å². The molecule has 0 saturated carbocycles. The molecule has 0 radical (unpaired) electrons. The van der Waals surface area contributed by atoms with Gasteiger partial charge in [0.2, 0.25) is 5.91 Å². The standard InChI is InChI=1S/C23H19Cl2F3N2O4S/c1-14-6-9-20(34-2)21(10-14)35(32,33)30(17-5-3-4-15(11-17)23(26,27)28)13-22(31)29-16-7-8-18(24)19(25)12-16/h3-12H,13H2,1-2H3,(H,29,31). The van der Waals surface area contributed by atoms with Gasteiger partial charge in [-0.05, 0) is 61.0 Å². The average molecular weight is 547 g/mol. The molecule has 0 aliphatic heterocycles. The minimum absolute atomic E-state index is 0.0301. The maximum absolute atomic E-state index is 13.7. The zero-order chi connectivity index (χ0) is 26.0. The van der Waals surface area contributed by atoms with Crippen LogP contribution in [0.4, 0.5) is 24.5 Å². The molecular weight excluding hydrogens is 528 g/mol. The van der Waals surface area contributed by atoms with Crippen LogP contribution in [0.2, 0.25) is 10.0 Å². The van der Waals surface area contributed by atoms with Crippen molar-refractivity contribution in [3.05, 3.63) is 81.8 Å². The van der Waals surface area contributed by atoms with E-state index in [0.717, 1.165) is 12.1 Å². The maximum atomic E-state index is 13.7. The van der Waals surface area contributed by atoms with Crippen molar-refractivity contribution in [2.75, 3.05) is 23.3 Å². The van der Waals surface area contributed by atoms with Crippen LogP contribution in [0.5, 0.6) is 5.75 Å². The molecule has 1 amide bonds. The number of ether oxygens (including phenoxy) is 1. The van der Waals surface area contributed by atoms with Crippen molar-refractivity contribution in [3.63, 3.8) is 0 Å². The first-order chi connectivity index (χ1) is 16.3. The third-order valence-electron chi connectivity index (χ3n) is 4.84. The number of methoxy groups -OCH3 is 1. The highest BCUT2D eigenvalue weighted by Crippen LogP contribution is 2.35. The summed E-state index contributed by atoms with van der Waals surface area (Å²) in [6.45, 7) is 0.811. The number of nitrogens with one attached hydrogen (secondary N) is 1. The lowest BCUT2D eigenvalue weighted by Crippen LogP contribution is -2.38. The first-order valence-corrected chi connectivity index (χ1v) is 12.1. The van der Waals surface area contributed by atoms with E-state index in [4.69, 9.17) is 27.9 Å². The fraction of sp³-hybridized carbons (Fsp3) is 0.174. The van der Waals surface area contributed by atoms with E-state index in [0.29, 0.717) is 15.9 Å². The number of carbonyl (C=O) groups excluding carboxylic acids is 1. The summed E-state index contributed by atoms with van der Waals surface area (Å²) < 4.78 is 73.1. The summed E-state index contributed by atoms with van der Waals surface area (Å²) in [5.74, 6) is -0.853. The van der Waals surface area contributed by atoms with Gasteiger partial charge in [-0.3, -0.25) is 9.10 Å². The summed E-state index contributed by atoms with van der Waals surface area (Å²) in [4.78, 5) is 12.5. The van der Waals surface area contributed by atoms with Crippen molar-refractivity contribution < 1.29 is 31.1 Å². The Bertz CT molecular complexity index is 1370. The van der Waals surface area contributed by atoms with Gasteiger partial charge in [-0.2, -0.15) is 13.2 Å². The monoisotopic (exact) mass is 546 g/mol. The van der Waals surface area contributed by atoms with E-state index in [1.54, 1.807) is 13.0 Å². The number of carbonyl (C=O) groups is 1. The van der Waals surface area contributed by atoms with Crippen LogP contribution in [0.3, 0.4) is 0 Å². The molecule has 35 heavy (non-hydrogen) atoms. The molecule has 0 atom stereocenters. The largest absolute Gasteiger partial charge is 0.495 e. The van der Waals surface area contributed by atoms with Crippen LogP contribution < -0.4 is 14.4 Å². The van der Waals surface area contributed by atoms with Gasteiger partial charge < -0.3 is 10.1 Å². The second-order valence-electron chi connectivity index (χ2n) is 7.39. The zero-order valence-electron chi connectivity index (χ0n) is 18.4. The van der Waals surface area contributed by atoms with Crippen molar-refractivity contribution in [2.45, 2.75) is 18.0 Å². The third kappa shape index (κ3) is 6.19. The Balaban J connectivity index is 2.08. The molecule has 0 aliphatic carbocycles. The highest BCUT2D eigenvalue weighted by molar-refractivity contribution is 7.93. The van der Waals surface area contributed by atoms with Crippen molar-refractivity contribution in [2.24, 2.45) is 0 Å². The number of hydrogen-bond donors (Lipinski definition) is 1. The number of anilines is 2. The fourth-order valence-corrected chi connectivity index (χ4v) is 5.12. The molecule has 0 unspecified atom stereocenters. The van der Waals surface area contributed by atoms with Gasteiger partial charge in [-0.25, -0.2) is 8.42 Å². The number of aryl methyl sites for hydroxylation is 1. The topological polar surface area (TPSA) is 75.7 Å². The maximum Gasteiger partial charge on any atom is 0.416 e. The highest BCUT2D eigenvalue weighted by Gasteiger charge is 2.34. The molecule has 0 aromatic heterocycles. The molecule has 3 aromatic rings. The minimum atomic E-state index is -4.73. The van der Waals surface area contributed by atoms with Crippen molar-refractivity contribution in [1.29, 1.82) is 0 Å². The molecular formula is C23H19Cl2F3N2O4S. The molecule has 0 fully saturated rings. The minimum Gasteiger partial charge on any atom is -0.495 e. The van der Waals surface area contributed by atoms with Gasteiger partial charge >= 0.3 is 6.18 Å². The summed E-state index contributed by atoms with van der Waals surface area (Å²) in [7, 11) is -3.29. The molecule has 3 rings (SSSR count). The van der Waals surface area contributed by atoms with E-state index in [1.165, 1.54) is 43.5 Å². The van der Waals surface area contributed by atoms with Gasteiger partial charge in [0.25, 0.3) is 10.0 Å². The van der Waals surface area contributed by atoms with Gasteiger partial charge in [0, 0.05) is 5.69 Å². The van der Waals surface area contributed by atoms with Gasteiger partial charge in [-0.15, -0.1) is 0 Å². The van der Waals surface area contributed by atoms with Crippen LogP contribution in [0.25, 0.3) is 0 Å². The van der Waals surface area contributed by atoms with Crippen LogP contribution in [0.15, 0.2) is 65.6 Å². The van der Waals surface area contributed by atoms with Crippen LogP contribution in [-0.2, 0) is 21.0 Å². The predicted molar refractivity (Wildman–Crippen MR) is 129 cm³/mol.